The van der Waals surface area contributed by atoms with E-state index in [1.807, 2.05) is 54.6 Å². The monoisotopic (exact) mass is 1170 g/mol. The summed E-state index contributed by atoms with van der Waals surface area (Å²) in [7, 11) is 0. The number of aryl methyl sites for hydroxylation is 1. The molecule has 3 aromatic carbocycles. The zero-order valence-corrected chi connectivity index (χ0v) is 47.3. The number of aliphatic hydroxyl groups is 6. The number of benzene rings is 3. The second-order valence-corrected chi connectivity index (χ2v) is 21.8. The molecule has 0 spiro atoms. The lowest BCUT2D eigenvalue weighted by atomic mass is 9.86. The second kappa shape index (κ2) is 26.9. The summed E-state index contributed by atoms with van der Waals surface area (Å²) >= 11 is 0. The Morgan fingerprint density at radius 3 is 2.21 bits per heavy atom. The molecule has 11 N–H and O–H groups in total. The molecule has 23 nitrogen and oxygen atoms in total. The van der Waals surface area contributed by atoms with Gasteiger partial charge in [0.05, 0.1) is 41.7 Å². The van der Waals surface area contributed by atoms with Crippen LogP contribution in [-0.2, 0) is 63.4 Å². The second-order valence-electron chi connectivity index (χ2n) is 21.8. The number of aliphatic hydroxyl groups excluding tert-OH is 5. The van der Waals surface area contributed by atoms with Crippen LogP contribution in [0.4, 0.5) is 9.18 Å². The van der Waals surface area contributed by atoms with Gasteiger partial charge in [0.25, 0.3) is 5.56 Å². The van der Waals surface area contributed by atoms with Crippen molar-refractivity contribution in [3.05, 3.63) is 122 Å². The van der Waals surface area contributed by atoms with E-state index in [-0.39, 0.29) is 63.0 Å². The molecule has 8 atom stereocenters. The predicted molar refractivity (Wildman–Crippen MR) is 301 cm³/mol. The third-order valence-electron chi connectivity index (χ3n) is 15.9. The molecule has 0 unspecified atom stereocenters. The molecule has 0 saturated carbocycles. The van der Waals surface area contributed by atoms with Gasteiger partial charge in [0.1, 0.15) is 62.2 Å². The van der Waals surface area contributed by atoms with Crippen molar-refractivity contribution in [1.29, 1.82) is 0 Å². The van der Waals surface area contributed by atoms with Crippen LogP contribution in [-0.4, -0.2) is 152 Å². The largest absolute Gasteiger partial charge is 0.458 e. The molecule has 1 aliphatic carbocycles. The van der Waals surface area contributed by atoms with Gasteiger partial charge in [-0.05, 0) is 97.4 Å². The minimum Gasteiger partial charge on any atom is -0.458 e. The molecule has 5 amide bonds. The number of amides is 5. The van der Waals surface area contributed by atoms with Crippen LogP contribution in [0.25, 0.3) is 33.4 Å². The Morgan fingerprint density at radius 1 is 0.869 bits per heavy atom. The number of hydrogen-bond acceptors (Lipinski definition) is 17. The van der Waals surface area contributed by atoms with Crippen LogP contribution >= 0.6 is 0 Å². The maximum Gasteiger partial charge on any atom is 0.407 e. The van der Waals surface area contributed by atoms with Gasteiger partial charge in [-0.1, -0.05) is 69.3 Å². The van der Waals surface area contributed by atoms with E-state index in [0.717, 1.165) is 33.4 Å². The Bertz CT molecular complexity index is 3330. The average Bonchev–Trinajstić information content (AvgIpc) is 2.07. The fraction of sp³-hybridized carbons (Fsp3) is 0.467. The van der Waals surface area contributed by atoms with E-state index in [2.05, 4.69) is 26.6 Å². The van der Waals surface area contributed by atoms with E-state index in [9.17, 15) is 59.1 Å². The highest BCUT2D eigenvalue weighted by atomic mass is 19.1. The average molecular weight is 1170 g/mol. The van der Waals surface area contributed by atoms with E-state index in [0.29, 0.717) is 47.1 Å². The summed E-state index contributed by atoms with van der Waals surface area (Å²) in [6.07, 6.45) is -7.69. The number of fused-ring (bicyclic) bond motifs is 8. The summed E-state index contributed by atoms with van der Waals surface area (Å²) < 4.78 is 33.6. The van der Waals surface area contributed by atoms with Crippen LogP contribution in [0.5, 0.6) is 0 Å². The number of unbranched alkanes of at least 4 members (excludes halogenated alkanes) is 1. The molecule has 84 heavy (non-hydrogen) atoms. The highest BCUT2D eigenvalue weighted by Gasteiger charge is 2.45. The summed E-state index contributed by atoms with van der Waals surface area (Å²) in [5, 5.41) is 73.8. The van der Waals surface area contributed by atoms with Crippen LogP contribution in [0.1, 0.15) is 105 Å². The number of halogens is 1. The highest BCUT2D eigenvalue weighted by Crippen LogP contribution is 2.45. The van der Waals surface area contributed by atoms with Crippen molar-refractivity contribution in [2.24, 2.45) is 5.92 Å². The van der Waals surface area contributed by atoms with E-state index in [1.54, 1.807) is 33.8 Å². The predicted octanol–water partition coefficient (Wildman–Crippen LogP) is 1.83. The molecule has 0 bridgehead atoms. The first-order valence-corrected chi connectivity index (χ1v) is 28.0. The topological polar surface area (TPSA) is 347 Å². The van der Waals surface area contributed by atoms with Gasteiger partial charge >= 0.3 is 12.1 Å². The SMILES string of the molecule is CC[C@@]1(O)C(=O)OCc2c1cc1n(c2=O)Cc2cc3c(CCCCOCNC(=O)[C@H](C)NC(=O)[C@@H](NC(=O)[C@H](CCC(=O)NC[C@H](O)[C@@H](O)[C@H](O)[C@H](O)CO)NC(=O)OCC4c5ccccc5-c5ccccc54)C(C)C)c(C)c(F)cc3nc2-1. The summed E-state index contributed by atoms with van der Waals surface area (Å²) in [4.78, 5) is 98.6. The van der Waals surface area contributed by atoms with Gasteiger partial charge in [0, 0.05) is 48.1 Å². The van der Waals surface area contributed by atoms with Crippen LogP contribution in [0, 0.1) is 18.7 Å². The van der Waals surface area contributed by atoms with Gasteiger partial charge in [0.2, 0.25) is 23.6 Å². The number of ether oxygens (including phenoxy) is 3. The van der Waals surface area contributed by atoms with Crippen molar-refractivity contribution in [2.75, 3.05) is 33.1 Å². The number of alkyl carbamates (subject to hydrolysis) is 1. The minimum absolute atomic E-state index is 0.00638. The lowest BCUT2D eigenvalue weighted by Crippen LogP contribution is -2.58. The standard InChI is InChI=1S/C60H72FN7O16/c1-6-60(81)42-22-46-51-33(25-68(46)57(78)41(42)28-83-58(60)79)21-39-34(31(4)43(61)23-45(39)65-51)13-11-12-20-82-29-63-54(75)32(5)64-56(77)50(30(2)3)67-55(76)44(18-19-49(72)62-24-47(70)52(73)53(74)48(71)26-69)66-59(80)84-27-40-37-16-9-7-14-35(37)36-15-8-10-17-38(36)40/h7-10,14-17,21-23,30,32,40,44,47-48,50,52-53,69-71,73-74,81H,6,11-13,18-20,24-29H2,1-5H3,(H,62,72)(H,63,75)(H,64,77)(H,66,80)(H,67,76)/t32-,44-,47-,48+,50-,52+,53+,60-/m0/s1. The lowest BCUT2D eigenvalue weighted by Gasteiger charge is -2.31. The van der Waals surface area contributed by atoms with E-state index in [4.69, 9.17) is 24.3 Å². The molecule has 3 aliphatic rings. The first kappa shape index (κ1) is 62.3. The maximum atomic E-state index is 15.5. The molecular formula is C60H72FN7O16. The molecule has 450 valence electrons. The first-order chi connectivity index (χ1) is 40.1. The number of hydrogen-bond donors (Lipinski definition) is 11. The Kier molecular flexibility index (Phi) is 20.0. The van der Waals surface area contributed by atoms with E-state index < -0.39 is 121 Å². The molecule has 0 fully saturated rings. The third-order valence-corrected chi connectivity index (χ3v) is 15.9. The van der Waals surface area contributed by atoms with Gasteiger partial charge in [-0.25, -0.2) is 19.0 Å². The van der Waals surface area contributed by atoms with Gasteiger partial charge < -0.3 is 76.0 Å². The molecule has 5 aromatic rings. The lowest BCUT2D eigenvalue weighted by molar-refractivity contribution is -0.172. The number of nitrogens with one attached hydrogen (secondary N) is 5. The Labute approximate surface area is 482 Å². The molecular weight excluding hydrogens is 1090 g/mol. The van der Waals surface area contributed by atoms with Crippen molar-refractivity contribution in [1.82, 2.24) is 36.1 Å². The minimum atomic E-state index is -1.99. The van der Waals surface area contributed by atoms with Crippen LogP contribution in [0.2, 0.25) is 0 Å². The summed E-state index contributed by atoms with van der Waals surface area (Å²) in [5.41, 5.74) is 4.96. The fourth-order valence-electron chi connectivity index (χ4n) is 10.9. The van der Waals surface area contributed by atoms with Crippen molar-refractivity contribution < 1.29 is 78.0 Å². The van der Waals surface area contributed by atoms with Crippen LogP contribution < -0.4 is 32.1 Å². The number of esters is 1. The maximum absolute atomic E-state index is 15.5. The molecule has 0 saturated heterocycles. The molecule has 8 rings (SSSR count). The number of carbonyl (C=O) groups is 6. The number of rotatable bonds is 26. The molecule has 24 heteroatoms. The van der Waals surface area contributed by atoms with Gasteiger partial charge in [-0.15, -0.1) is 0 Å². The fourth-order valence-corrected chi connectivity index (χ4v) is 10.9. The smallest absolute Gasteiger partial charge is 0.407 e. The number of aromatic nitrogens is 2. The number of cyclic esters (lactones) is 1. The Hall–Kier alpha value is -7.71. The molecule has 4 heterocycles. The van der Waals surface area contributed by atoms with Crippen molar-refractivity contribution in [3.63, 3.8) is 0 Å². The normalized spacial score (nSPS) is 17.5. The molecule has 2 aromatic heterocycles. The van der Waals surface area contributed by atoms with Gasteiger partial charge in [-0.2, -0.15) is 0 Å². The van der Waals surface area contributed by atoms with E-state index >= 15 is 4.39 Å². The number of nitrogens with zero attached hydrogens (tertiary/aromatic N) is 2. The summed E-state index contributed by atoms with van der Waals surface area (Å²) in [6, 6.07) is 16.4. The molecule has 2 aliphatic heterocycles. The summed E-state index contributed by atoms with van der Waals surface area (Å²) in [6.45, 7) is 6.33. The van der Waals surface area contributed by atoms with Gasteiger partial charge in [0.15, 0.2) is 5.60 Å². The van der Waals surface area contributed by atoms with Crippen molar-refractivity contribution in [2.45, 2.75) is 140 Å². The zero-order valence-electron chi connectivity index (χ0n) is 47.3. The number of pyridine rings is 2. The van der Waals surface area contributed by atoms with E-state index in [1.165, 1.54) is 17.6 Å². The van der Waals surface area contributed by atoms with Crippen LogP contribution in [0.3, 0.4) is 0 Å². The van der Waals surface area contributed by atoms with Crippen molar-refractivity contribution >= 4 is 46.6 Å². The number of carbonyl (C=O) groups excluding carboxylic acids is 6. The van der Waals surface area contributed by atoms with Crippen LogP contribution in [0.15, 0.2) is 71.5 Å². The Balaban J connectivity index is 0.831. The first-order valence-electron chi connectivity index (χ1n) is 28.0. The quantitative estimate of drug-likeness (QED) is 0.0210. The van der Waals surface area contributed by atoms with Gasteiger partial charge in [-0.3, -0.25) is 24.0 Å². The zero-order chi connectivity index (χ0) is 60.7. The Morgan fingerprint density at radius 2 is 1.55 bits per heavy atom. The highest BCUT2D eigenvalue weighted by molar-refractivity contribution is 5.94. The summed E-state index contributed by atoms with van der Waals surface area (Å²) in [5.74, 6) is -5.15. The molecule has 0 radical (unpaired) electrons. The van der Waals surface area contributed by atoms with Crippen molar-refractivity contribution in [3.8, 4) is 22.5 Å². The third kappa shape index (κ3) is 13.3.